The number of carbonyl (C=O) groups excluding carboxylic acids is 2. The number of benzene rings is 2. The third-order valence-electron chi connectivity index (χ3n) is 4.83. The first kappa shape index (κ1) is 21.5. The molecule has 1 atom stereocenters. The van der Waals surface area contributed by atoms with Crippen molar-refractivity contribution in [3.8, 4) is 0 Å². The number of nitrogens with zero attached hydrogens (tertiary/aromatic N) is 1. The summed E-state index contributed by atoms with van der Waals surface area (Å²) in [6, 6.07) is 15.9. The van der Waals surface area contributed by atoms with Crippen LogP contribution in [0.2, 0.25) is 0 Å². The van der Waals surface area contributed by atoms with Gasteiger partial charge in [-0.15, -0.1) is 0 Å². The van der Waals surface area contributed by atoms with Crippen LogP contribution < -0.4 is 15.5 Å². The lowest BCUT2D eigenvalue weighted by Crippen LogP contribution is -2.34. The van der Waals surface area contributed by atoms with E-state index in [1.54, 1.807) is 0 Å². The monoisotopic (exact) mass is 381 g/mol. The number of carbonyl (C=O) groups is 2. The fourth-order valence-corrected chi connectivity index (χ4v) is 3.05. The van der Waals surface area contributed by atoms with E-state index >= 15 is 0 Å². The van der Waals surface area contributed by atoms with E-state index < -0.39 is 0 Å². The second-order valence-corrected chi connectivity index (χ2v) is 7.73. The van der Waals surface area contributed by atoms with Crippen LogP contribution in [0.1, 0.15) is 37.3 Å². The van der Waals surface area contributed by atoms with E-state index in [0.717, 1.165) is 11.3 Å². The smallest absolute Gasteiger partial charge is 0.243 e. The average Bonchev–Trinajstić information content (AvgIpc) is 2.65. The van der Waals surface area contributed by atoms with Crippen LogP contribution in [0.4, 0.5) is 11.4 Å². The fraction of sp³-hybridized carbons (Fsp3) is 0.391. The van der Waals surface area contributed by atoms with E-state index in [1.165, 1.54) is 5.56 Å². The van der Waals surface area contributed by atoms with Crippen LogP contribution in [0, 0.1) is 12.8 Å². The van der Waals surface area contributed by atoms with Gasteiger partial charge in [-0.2, -0.15) is 0 Å². The largest absolute Gasteiger partial charge is 0.378 e. The molecule has 0 spiro atoms. The van der Waals surface area contributed by atoms with Crippen LogP contribution >= 0.6 is 0 Å². The molecular weight excluding hydrogens is 350 g/mol. The zero-order valence-corrected chi connectivity index (χ0v) is 17.5. The molecule has 2 aromatic rings. The summed E-state index contributed by atoms with van der Waals surface area (Å²) in [4.78, 5) is 26.5. The topological polar surface area (TPSA) is 61.4 Å². The summed E-state index contributed by atoms with van der Waals surface area (Å²) in [6.45, 7) is 6.24. The molecule has 5 nitrogen and oxygen atoms in total. The highest BCUT2D eigenvalue weighted by Gasteiger charge is 2.20. The lowest BCUT2D eigenvalue weighted by molar-refractivity contribution is -0.124. The Kier molecular flexibility index (Phi) is 7.61. The molecule has 150 valence electrons. The number of rotatable bonds is 8. The minimum atomic E-state index is -0.234. The molecule has 0 saturated carbocycles. The Hall–Kier alpha value is -2.82. The van der Waals surface area contributed by atoms with Crippen molar-refractivity contribution >= 4 is 23.2 Å². The zero-order chi connectivity index (χ0) is 20.7. The molecule has 0 aliphatic heterocycles. The SMILES string of the molecule is Cc1ccc(C(CC(=O)NCC(=O)Nc2ccc(N(C)C)cc2)C(C)C)cc1. The molecule has 0 aliphatic rings. The summed E-state index contributed by atoms with van der Waals surface area (Å²) in [7, 11) is 3.92. The first-order valence-corrected chi connectivity index (χ1v) is 9.66. The van der Waals surface area contributed by atoms with Crippen molar-refractivity contribution < 1.29 is 9.59 Å². The quantitative estimate of drug-likeness (QED) is 0.728. The third-order valence-corrected chi connectivity index (χ3v) is 4.83. The van der Waals surface area contributed by atoms with E-state index in [0.29, 0.717) is 18.0 Å². The van der Waals surface area contributed by atoms with Crippen molar-refractivity contribution in [3.05, 3.63) is 59.7 Å². The predicted molar refractivity (Wildman–Crippen MR) is 116 cm³/mol. The summed E-state index contributed by atoms with van der Waals surface area (Å²) in [5.41, 5.74) is 4.12. The van der Waals surface area contributed by atoms with Crippen molar-refractivity contribution in [1.82, 2.24) is 5.32 Å². The van der Waals surface area contributed by atoms with Crippen molar-refractivity contribution in [2.24, 2.45) is 5.92 Å². The van der Waals surface area contributed by atoms with Crippen LogP contribution in [0.25, 0.3) is 0 Å². The van der Waals surface area contributed by atoms with Gasteiger partial charge < -0.3 is 15.5 Å². The molecular formula is C23H31N3O2. The van der Waals surface area contributed by atoms with E-state index in [1.807, 2.05) is 50.2 Å². The molecule has 2 N–H and O–H groups in total. The van der Waals surface area contributed by atoms with Gasteiger partial charge in [-0.1, -0.05) is 43.7 Å². The van der Waals surface area contributed by atoms with E-state index in [4.69, 9.17) is 0 Å². The van der Waals surface area contributed by atoms with Crippen LogP contribution in [0.15, 0.2) is 48.5 Å². The van der Waals surface area contributed by atoms with Gasteiger partial charge in [0.15, 0.2) is 0 Å². The van der Waals surface area contributed by atoms with Crippen LogP contribution in [0.5, 0.6) is 0 Å². The number of hydrogen-bond donors (Lipinski definition) is 2. The Morgan fingerprint density at radius 2 is 1.54 bits per heavy atom. The van der Waals surface area contributed by atoms with E-state index in [-0.39, 0.29) is 24.3 Å². The Balaban J connectivity index is 1.86. The summed E-state index contributed by atoms with van der Waals surface area (Å²) >= 11 is 0. The maximum absolute atomic E-state index is 12.4. The Labute approximate surface area is 168 Å². The van der Waals surface area contributed by atoms with Gasteiger partial charge in [0.25, 0.3) is 0 Å². The second-order valence-electron chi connectivity index (χ2n) is 7.73. The minimum absolute atomic E-state index is 0.0347. The van der Waals surface area contributed by atoms with Gasteiger partial charge in [0, 0.05) is 31.9 Å². The lowest BCUT2D eigenvalue weighted by atomic mass is 9.85. The Bertz CT molecular complexity index is 780. The number of anilines is 2. The first-order valence-electron chi connectivity index (χ1n) is 9.66. The standard InChI is InChI=1S/C23H31N3O2/c1-16(2)21(18-8-6-17(3)7-9-18)14-22(27)24-15-23(28)25-19-10-12-20(13-11-19)26(4)5/h6-13,16,21H,14-15H2,1-5H3,(H,24,27)(H,25,28). The molecule has 0 aliphatic carbocycles. The molecule has 5 heteroatoms. The zero-order valence-electron chi connectivity index (χ0n) is 17.5. The van der Waals surface area contributed by atoms with Crippen molar-refractivity contribution in [2.75, 3.05) is 30.9 Å². The average molecular weight is 382 g/mol. The number of amides is 2. The number of nitrogens with one attached hydrogen (secondary N) is 2. The van der Waals surface area contributed by atoms with Crippen LogP contribution in [0.3, 0.4) is 0 Å². The highest BCUT2D eigenvalue weighted by atomic mass is 16.2. The van der Waals surface area contributed by atoms with Gasteiger partial charge in [-0.05, 0) is 48.6 Å². The summed E-state index contributed by atoms with van der Waals surface area (Å²) in [5.74, 6) is 0.111. The molecule has 0 heterocycles. The van der Waals surface area contributed by atoms with Gasteiger partial charge in [0.2, 0.25) is 11.8 Å². The molecule has 0 aromatic heterocycles. The summed E-state index contributed by atoms with van der Waals surface area (Å²) in [6.07, 6.45) is 0.367. The molecule has 2 rings (SSSR count). The van der Waals surface area contributed by atoms with E-state index in [2.05, 4.69) is 48.7 Å². The Morgan fingerprint density at radius 1 is 0.929 bits per heavy atom. The lowest BCUT2D eigenvalue weighted by Gasteiger charge is -2.21. The molecule has 0 fully saturated rings. The van der Waals surface area contributed by atoms with Crippen LogP contribution in [-0.4, -0.2) is 32.5 Å². The summed E-state index contributed by atoms with van der Waals surface area (Å²) < 4.78 is 0. The fourth-order valence-electron chi connectivity index (χ4n) is 3.05. The van der Waals surface area contributed by atoms with E-state index in [9.17, 15) is 9.59 Å². The predicted octanol–water partition coefficient (Wildman–Crippen LogP) is 3.95. The molecule has 2 amide bonds. The van der Waals surface area contributed by atoms with Crippen molar-refractivity contribution in [3.63, 3.8) is 0 Å². The van der Waals surface area contributed by atoms with Crippen molar-refractivity contribution in [1.29, 1.82) is 0 Å². The van der Waals surface area contributed by atoms with Crippen LogP contribution in [-0.2, 0) is 9.59 Å². The normalized spacial score (nSPS) is 11.8. The molecule has 0 radical (unpaired) electrons. The maximum Gasteiger partial charge on any atom is 0.243 e. The van der Waals surface area contributed by atoms with Gasteiger partial charge in [0.05, 0.1) is 6.54 Å². The molecule has 0 saturated heterocycles. The van der Waals surface area contributed by atoms with Crippen molar-refractivity contribution in [2.45, 2.75) is 33.1 Å². The highest BCUT2D eigenvalue weighted by molar-refractivity contribution is 5.94. The number of aryl methyl sites for hydroxylation is 1. The van der Waals surface area contributed by atoms with Gasteiger partial charge >= 0.3 is 0 Å². The second kappa shape index (κ2) is 9.93. The Morgan fingerprint density at radius 3 is 2.07 bits per heavy atom. The molecule has 2 aromatic carbocycles. The van der Waals surface area contributed by atoms with Gasteiger partial charge in [0.1, 0.15) is 0 Å². The number of hydrogen-bond acceptors (Lipinski definition) is 3. The molecule has 0 bridgehead atoms. The molecule has 1 unspecified atom stereocenters. The minimum Gasteiger partial charge on any atom is -0.378 e. The van der Waals surface area contributed by atoms with Gasteiger partial charge in [-0.25, -0.2) is 0 Å². The third kappa shape index (κ3) is 6.41. The maximum atomic E-state index is 12.4. The summed E-state index contributed by atoms with van der Waals surface area (Å²) in [5, 5.41) is 5.54. The first-order chi connectivity index (χ1) is 13.3. The highest BCUT2D eigenvalue weighted by Crippen LogP contribution is 2.28. The molecule has 28 heavy (non-hydrogen) atoms. The van der Waals surface area contributed by atoms with Gasteiger partial charge in [-0.3, -0.25) is 9.59 Å².